The van der Waals surface area contributed by atoms with Crippen molar-refractivity contribution < 1.29 is 90.2 Å². The van der Waals surface area contributed by atoms with E-state index in [4.69, 9.17) is 71.1 Å². The summed E-state index contributed by atoms with van der Waals surface area (Å²) in [5.41, 5.74) is 8.43. The third-order valence-electron chi connectivity index (χ3n) is 22.6. The Morgan fingerprint density at radius 2 is 0.538 bits per heavy atom. The van der Waals surface area contributed by atoms with Crippen molar-refractivity contribution in [2.75, 3.05) is 46.5 Å². The molecule has 0 aromatic heterocycles. The van der Waals surface area contributed by atoms with Gasteiger partial charge < -0.3 is 91.1 Å². The fraction of sp³-hybridized carbons (Fsp3) is 0.396. The standard InChI is InChI=1S/C96H106N4O19/c1-66(101)98-51-76(114-93-89(111-60-73-42-24-9-25-43-73)86(108-57-70-36-18-6-19-37-70)82(117-93)63-105-54-67-30-12-3-13-31-67)48-79(98)85(102)80-49-77(115-94-90(112-61-74-44-26-10-27-45-74)87(109-58-71-38-20-7-21-39-71)83(118-94)64-106-55-68-32-14-4-15-33-68)52-99(80)96(104)100-53-78(50-81(100)92(103)97-2)116-95-91(113-62-75-46-28-11-29-47-75)88(110-59-72-40-22-8-23-41-72)84(119-95)65-107-56-69-34-16-5-17-35-69/h3-47,76-84,86-91,93-95H,48-65H2,1-2H3,(H,97,103)/t76-,77-,78?,79+,80+,81+,82+,83+,84+,86+,87+,88+,89-,90-,91-,93+,94+,95+/m1/s1. The molecule has 624 valence electrons. The Bertz CT molecular complexity index is 4570. The summed E-state index contributed by atoms with van der Waals surface area (Å²) in [4.78, 5) is 66.5. The SMILES string of the molecule is CNC(=O)[C@@H]1CC(O[C@H]2O[C@@H](COCc3ccccc3)[C@H](OCc3ccccc3)[C@H]2OCc2ccccc2)CN1C(=O)N1C[C@H](O[C@H]2O[C@@H](COCc3ccccc3)[C@H](OCc3ccccc3)[C@H]2OCc2ccccc2)C[C@H]1C(=O)[C@@H]1C[C@@H](O[C@H]2O[C@@H](COCc3ccccc3)[C@H](OCc3ccccc3)[C@H]2OCc2ccccc2)CN1C(C)=O. The predicted molar refractivity (Wildman–Crippen MR) is 439 cm³/mol. The lowest BCUT2D eigenvalue weighted by Crippen LogP contribution is -2.55. The van der Waals surface area contributed by atoms with Gasteiger partial charge in [0.15, 0.2) is 24.7 Å². The number of nitrogens with one attached hydrogen (secondary N) is 1. The third-order valence-corrected chi connectivity index (χ3v) is 22.6. The summed E-state index contributed by atoms with van der Waals surface area (Å²) in [5, 5.41) is 2.82. The highest BCUT2D eigenvalue weighted by Crippen LogP contribution is 2.40. The van der Waals surface area contributed by atoms with Crippen molar-refractivity contribution >= 4 is 23.6 Å². The van der Waals surface area contributed by atoms with Gasteiger partial charge in [0.05, 0.1) is 110 Å². The maximum absolute atomic E-state index is 16.5. The van der Waals surface area contributed by atoms with Gasteiger partial charge in [0.25, 0.3) is 0 Å². The smallest absolute Gasteiger partial charge is 0.321 e. The molecule has 1 N–H and O–H groups in total. The van der Waals surface area contributed by atoms with E-state index < -0.39 is 134 Å². The Hall–Kier alpha value is -9.74. The zero-order valence-electron chi connectivity index (χ0n) is 67.2. The van der Waals surface area contributed by atoms with Crippen molar-refractivity contribution in [1.29, 1.82) is 0 Å². The molecule has 23 nitrogen and oxygen atoms in total. The molecule has 18 atom stereocenters. The third kappa shape index (κ3) is 22.7. The highest BCUT2D eigenvalue weighted by atomic mass is 16.8. The Morgan fingerprint density at radius 1 is 0.311 bits per heavy atom. The topological polar surface area (TPSA) is 228 Å². The van der Waals surface area contributed by atoms with Gasteiger partial charge in [0, 0.05) is 52.9 Å². The van der Waals surface area contributed by atoms with Crippen LogP contribution in [0.5, 0.6) is 0 Å². The number of carbonyl (C=O) groups is 4. The average Bonchev–Trinajstić information content (AvgIpc) is 1.62. The number of carbonyl (C=O) groups excluding carboxylic acids is 4. The second-order valence-electron chi connectivity index (χ2n) is 31.0. The molecule has 9 aromatic carbocycles. The number of ether oxygens (including phenoxy) is 15. The molecule has 6 fully saturated rings. The van der Waals surface area contributed by atoms with E-state index >= 15 is 9.59 Å². The van der Waals surface area contributed by atoms with Gasteiger partial charge in [-0.15, -0.1) is 0 Å². The van der Waals surface area contributed by atoms with Crippen LogP contribution in [-0.4, -0.2) is 195 Å². The fourth-order valence-electron chi connectivity index (χ4n) is 16.5. The zero-order valence-corrected chi connectivity index (χ0v) is 67.2. The van der Waals surface area contributed by atoms with E-state index in [1.807, 2.05) is 273 Å². The summed E-state index contributed by atoms with van der Waals surface area (Å²) >= 11 is 0. The lowest BCUT2D eigenvalue weighted by atomic mass is 9.99. The zero-order chi connectivity index (χ0) is 81.5. The minimum absolute atomic E-state index is 0.00835. The molecule has 119 heavy (non-hydrogen) atoms. The number of nitrogens with zero attached hydrogens (tertiary/aromatic N) is 3. The molecule has 23 heteroatoms. The number of rotatable bonds is 39. The minimum atomic E-state index is -1.26. The first-order valence-corrected chi connectivity index (χ1v) is 41.3. The molecule has 15 rings (SSSR count). The summed E-state index contributed by atoms with van der Waals surface area (Å²) < 4.78 is 103. The van der Waals surface area contributed by atoms with Gasteiger partial charge in [-0.2, -0.15) is 0 Å². The van der Waals surface area contributed by atoms with Crippen molar-refractivity contribution in [3.63, 3.8) is 0 Å². The van der Waals surface area contributed by atoms with Crippen LogP contribution >= 0.6 is 0 Å². The molecule has 4 amide bonds. The van der Waals surface area contributed by atoms with Gasteiger partial charge in [-0.05, 0) is 50.1 Å². The summed E-state index contributed by atoms with van der Waals surface area (Å²) in [5.74, 6) is -1.30. The number of ketones is 1. The second-order valence-corrected chi connectivity index (χ2v) is 31.0. The van der Waals surface area contributed by atoms with E-state index in [0.717, 1.165) is 50.1 Å². The lowest BCUT2D eigenvalue weighted by molar-refractivity contribution is -0.204. The first-order chi connectivity index (χ1) is 58.5. The van der Waals surface area contributed by atoms with Crippen molar-refractivity contribution in [2.45, 2.75) is 196 Å². The highest BCUT2D eigenvalue weighted by Gasteiger charge is 2.57. The van der Waals surface area contributed by atoms with Crippen molar-refractivity contribution in [3.8, 4) is 0 Å². The molecule has 6 saturated heterocycles. The van der Waals surface area contributed by atoms with Crippen LogP contribution in [0.25, 0.3) is 0 Å². The normalized spacial score (nSPS) is 26.7. The van der Waals surface area contributed by atoms with Crippen LogP contribution in [0, 0.1) is 0 Å². The monoisotopic (exact) mass is 1620 g/mol. The summed E-state index contributed by atoms with van der Waals surface area (Å²) in [6, 6.07) is 84.2. The van der Waals surface area contributed by atoms with Crippen molar-refractivity contribution in [2.24, 2.45) is 0 Å². The second kappa shape index (κ2) is 42.5. The largest absolute Gasteiger partial charge is 0.374 e. The van der Waals surface area contributed by atoms with Crippen LogP contribution in [0.4, 0.5) is 4.79 Å². The summed E-state index contributed by atoms with van der Waals surface area (Å²) in [6.07, 6.45) is -12.7. The molecule has 9 aromatic rings. The van der Waals surface area contributed by atoms with Crippen LogP contribution in [0.3, 0.4) is 0 Å². The minimum Gasteiger partial charge on any atom is -0.374 e. The van der Waals surface area contributed by atoms with Crippen LogP contribution in [0.1, 0.15) is 76.3 Å². The van der Waals surface area contributed by atoms with Crippen LogP contribution in [-0.2, 0) is 145 Å². The number of likely N-dealkylation sites (N-methyl/N-ethyl adjacent to an activating group) is 1. The van der Waals surface area contributed by atoms with Gasteiger partial charge in [0.2, 0.25) is 11.8 Å². The number of hydrogen-bond donors (Lipinski definition) is 1. The molecular formula is C96H106N4O19. The van der Waals surface area contributed by atoms with Crippen LogP contribution < -0.4 is 5.32 Å². The molecular weight excluding hydrogens is 1510 g/mol. The lowest BCUT2D eigenvalue weighted by Gasteiger charge is -2.33. The Labute approximate surface area is 695 Å². The van der Waals surface area contributed by atoms with E-state index in [2.05, 4.69) is 5.32 Å². The molecule has 6 heterocycles. The van der Waals surface area contributed by atoms with Gasteiger partial charge in [-0.3, -0.25) is 14.4 Å². The number of benzene rings is 9. The summed E-state index contributed by atoms with van der Waals surface area (Å²) in [7, 11) is 1.52. The molecule has 0 aliphatic carbocycles. The molecule has 0 saturated carbocycles. The first-order valence-electron chi connectivity index (χ1n) is 41.3. The molecule has 0 spiro atoms. The molecule has 1 unspecified atom stereocenters. The quantitative estimate of drug-likeness (QED) is 0.0377. The Kier molecular flexibility index (Phi) is 30.1. The van der Waals surface area contributed by atoms with E-state index in [-0.39, 0.29) is 105 Å². The molecule has 0 radical (unpaired) electrons. The Morgan fingerprint density at radius 3 is 0.798 bits per heavy atom. The van der Waals surface area contributed by atoms with Crippen molar-refractivity contribution in [1.82, 2.24) is 20.0 Å². The van der Waals surface area contributed by atoms with E-state index in [1.54, 1.807) is 0 Å². The number of urea groups is 1. The first kappa shape index (κ1) is 84.3. The predicted octanol–water partition coefficient (Wildman–Crippen LogP) is 12.7. The van der Waals surface area contributed by atoms with Gasteiger partial charge in [-0.1, -0.05) is 273 Å². The fourth-order valence-corrected chi connectivity index (χ4v) is 16.5. The molecule has 0 bridgehead atoms. The summed E-state index contributed by atoms with van der Waals surface area (Å²) in [6.45, 7) is 3.53. The highest BCUT2D eigenvalue weighted by molar-refractivity contribution is 5.96. The van der Waals surface area contributed by atoms with Crippen LogP contribution in [0.15, 0.2) is 273 Å². The van der Waals surface area contributed by atoms with Gasteiger partial charge in [0.1, 0.15) is 61.0 Å². The number of hydrogen-bond acceptors (Lipinski definition) is 19. The van der Waals surface area contributed by atoms with E-state index in [1.165, 1.54) is 28.7 Å². The number of Topliss-reactive ketones (excluding diaryl/α,β-unsaturated/α-hetero) is 1. The van der Waals surface area contributed by atoms with E-state index in [0.29, 0.717) is 13.2 Å². The molecule has 6 aliphatic heterocycles. The Balaban J connectivity index is 0.732. The number of amides is 4. The molecule has 6 aliphatic rings. The van der Waals surface area contributed by atoms with Crippen LogP contribution in [0.2, 0.25) is 0 Å². The van der Waals surface area contributed by atoms with Gasteiger partial charge >= 0.3 is 6.03 Å². The van der Waals surface area contributed by atoms with E-state index in [9.17, 15) is 9.59 Å². The average molecular weight is 1620 g/mol. The van der Waals surface area contributed by atoms with Gasteiger partial charge in [-0.25, -0.2) is 4.79 Å². The maximum Gasteiger partial charge on any atom is 0.321 e. The number of likely N-dealkylation sites (tertiary alicyclic amines) is 3. The maximum atomic E-state index is 16.5. The van der Waals surface area contributed by atoms with Crippen molar-refractivity contribution in [3.05, 3.63) is 323 Å².